The number of carbonyl (C=O) groups excluding carboxylic acids is 2. The Morgan fingerprint density at radius 2 is 1.63 bits per heavy atom. The number of fused-ring (bicyclic) bond motifs is 1. The lowest BCUT2D eigenvalue weighted by Crippen LogP contribution is -2.49. The first-order valence-corrected chi connectivity index (χ1v) is 12.4. The van der Waals surface area contributed by atoms with Gasteiger partial charge in [-0.1, -0.05) is 54.6 Å². The molecule has 204 valence electrons. The van der Waals surface area contributed by atoms with Gasteiger partial charge < -0.3 is 21.5 Å². The highest BCUT2D eigenvalue weighted by atomic mass is 32.2. The first kappa shape index (κ1) is 30.7. The van der Waals surface area contributed by atoms with Crippen LogP contribution in [0.2, 0.25) is 0 Å². The summed E-state index contributed by atoms with van der Waals surface area (Å²) in [6.07, 6.45) is -3.55. The molecule has 0 saturated heterocycles. The number of rotatable bonds is 9. The lowest BCUT2D eigenvalue weighted by molar-refractivity contribution is -0.192. The summed E-state index contributed by atoms with van der Waals surface area (Å²) in [6, 6.07) is 19.8. The van der Waals surface area contributed by atoms with Crippen LogP contribution in [0.5, 0.6) is 0 Å². The van der Waals surface area contributed by atoms with E-state index in [4.69, 9.17) is 21.4 Å². The average Bonchev–Trinajstić information content (AvgIpc) is 2.88. The molecule has 8 nitrogen and oxygen atoms in total. The number of benzene rings is 2. The standard InChI is InChI=1S/C24H28N4O2S.C2HF3O2/c1-28(23(29)19(26)16-17-8-3-2-4-9-17)21(12-7-15-25)24(30)31-22-14-13-18-10-5-6-11-20(18)27-22;3-2(4,5)1(6)7/h2-6,8-11,13-14,19,21H,7,12,15-16,25-26H2,1H3;(H,6,7)/t19-,21-;/m0./s1. The summed E-state index contributed by atoms with van der Waals surface area (Å²) in [5, 5.41) is 8.60. The number of carboxylic acids is 1. The molecule has 38 heavy (non-hydrogen) atoms. The molecule has 0 aliphatic rings. The molecule has 0 aliphatic carbocycles. The number of hydrogen-bond acceptors (Lipinski definition) is 7. The molecule has 0 unspecified atom stereocenters. The third-order valence-corrected chi connectivity index (χ3v) is 6.31. The normalized spacial score (nSPS) is 12.7. The van der Waals surface area contributed by atoms with Crippen molar-refractivity contribution in [2.24, 2.45) is 11.5 Å². The molecule has 3 aromatic rings. The first-order chi connectivity index (χ1) is 17.9. The Morgan fingerprint density at radius 3 is 2.24 bits per heavy atom. The van der Waals surface area contributed by atoms with Crippen molar-refractivity contribution in [1.29, 1.82) is 0 Å². The van der Waals surface area contributed by atoms with Crippen molar-refractivity contribution in [2.45, 2.75) is 42.5 Å². The van der Waals surface area contributed by atoms with E-state index in [1.807, 2.05) is 66.7 Å². The number of amides is 1. The minimum absolute atomic E-state index is 0.140. The largest absolute Gasteiger partial charge is 0.490 e. The summed E-state index contributed by atoms with van der Waals surface area (Å²) in [5.41, 5.74) is 13.7. The summed E-state index contributed by atoms with van der Waals surface area (Å²) in [7, 11) is 1.64. The Balaban J connectivity index is 0.000000638. The van der Waals surface area contributed by atoms with Gasteiger partial charge in [-0.3, -0.25) is 9.59 Å². The molecule has 0 aliphatic heterocycles. The van der Waals surface area contributed by atoms with Crippen LogP contribution in [0.4, 0.5) is 13.2 Å². The summed E-state index contributed by atoms with van der Waals surface area (Å²) in [6.45, 7) is 0.445. The third kappa shape index (κ3) is 9.43. The van der Waals surface area contributed by atoms with Gasteiger partial charge in [-0.2, -0.15) is 13.2 Å². The van der Waals surface area contributed by atoms with Crippen LogP contribution in [0.1, 0.15) is 18.4 Å². The van der Waals surface area contributed by atoms with E-state index in [9.17, 15) is 22.8 Å². The fourth-order valence-electron chi connectivity index (χ4n) is 3.43. The molecule has 0 spiro atoms. The van der Waals surface area contributed by atoms with Gasteiger partial charge in [-0.15, -0.1) is 0 Å². The molecule has 3 rings (SSSR count). The van der Waals surface area contributed by atoms with Crippen LogP contribution in [-0.2, 0) is 20.8 Å². The minimum Gasteiger partial charge on any atom is -0.475 e. The topological polar surface area (TPSA) is 140 Å². The summed E-state index contributed by atoms with van der Waals surface area (Å²) >= 11 is 1.05. The van der Waals surface area contributed by atoms with E-state index in [1.165, 1.54) is 4.90 Å². The van der Waals surface area contributed by atoms with E-state index >= 15 is 0 Å². The second-order valence-electron chi connectivity index (χ2n) is 8.26. The highest BCUT2D eigenvalue weighted by Crippen LogP contribution is 2.25. The van der Waals surface area contributed by atoms with Crippen molar-refractivity contribution in [2.75, 3.05) is 13.6 Å². The Hall–Kier alpha value is -3.48. The molecule has 12 heteroatoms. The summed E-state index contributed by atoms with van der Waals surface area (Å²) < 4.78 is 31.7. The molecular formula is C26H29F3N4O4S. The van der Waals surface area contributed by atoms with Gasteiger partial charge in [0, 0.05) is 12.4 Å². The van der Waals surface area contributed by atoms with Crippen molar-refractivity contribution < 1.29 is 32.7 Å². The molecule has 1 aromatic heterocycles. The van der Waals surface area contributed by atoms with Crippen molar-refractivity contribution in [3.8, 4) is 0 Å². The minimum atomic E-state index is -5.08. The lowest BCUT2D eigenvalue weighted by atomic mass is 10.0. The number of para-hydroxylation sites is 1. The SMILES string of the molecule is CN(C(=O)[C@@H](N)Cc1ccccc1)[C@@H](CCCN)C(=O)Sc1ccc2ccccc2n1.O=C(O)C(F)(F)F. The number of carbonyl (C=O) groups is 3. The smallest absolute Gasteiger partial charge is 0.475 e. The van der Waals surface area contributed by atoms with Crippen LogP contribution in [-0.4, -0.2) is 63.8 Å². The lowest BCUT2D eigenvalue weighted by Gasteiger charge is -2.29. The maximum Gasteiger partial charge on any atom is 0.490 e. The number of alkyl halides is 3. The molecular weight excluding hydrogens is 521 g/mol. The zero-order valence-corrected chi connectivity index (χ0v) is 21.4. The zero-order valence-electron chi connectivity index (χ0n) is 20.6. The molecule has 0 saturated carbocycles. The number of aromatic nitrogens is 1. The summed E-state index contributed by atoms with van der Waals surface area (Å²) in [5.74, 6) is -3.02. The van der Waals surface area contributed by atoms with E-state index in [1.54, 1.807) is 7.05 Å². The predicted molar refractivity (Wildman–Crippen MR) is 139 cm³/mol. The van der Waals surface area contributed by atoms with Crippen LogP contribution in [0, 0.1) is 0 Å². The van der Waals surface area contributed by atoms with Crippen molar-refractivity contribution >= 4 is 39.7 Å². The highest BCUT2D eigenvalue weighted by molar-refractivity contribution is 8.13. The Labute approximate surface area is 222 Å². The molecule has 2 atom stereocenters. The second-order valence-corrected chi connectivity index (χ2v) is 9.28. The van der Waals surface area contributed by atoms with Crippen molar-refractivity contribution in [3.63, 3.8) is 0 Å². The molecule has 0 bridgehead atoms. The van der Waals surface area contributed by atoms with E-state index in [0.29, 0.717) is 30.8 Å². The van der Waals surface area contributed by atoms with Crippen molar-refractivity contribution in [1.82, 2.24) is 9.88 Å². The fourth-order valence-corrected chi connectivity index (χ4v) is 4.32. The average molecular weight is 551 g/mol. The van der Waals surface area contributed by atoms with Crippen LogP contribution in [0.25, 0.3) is 10.9 Å². The van der Waals surface area contributed by atoms with E-state index < -0.39 is 24.2 Å². The quantitative estimate of drug-likeness (QED) is 0.343. The Bertz CT molecular complexity index is 1230. The highest BCUT2D eigenvalue weighted by Gasteiger charge is 2.38. The molecule has 5 N–H and O–H groups in total. The number of halogens is 3. The molecule has 1 amide bonds. The zero-order chi connectivity index (χ0) is 28.3. The number of nitrogens with two attached hydrogens (primary N) is 2. The number of nitrogens with zero attached hydrogens (tertiary/aromatic N) is 2. The third-order valence-electron chi connectivity index (χ3n) is 5.41. The fraction of sp³-hybridized carbons (Fsp3) is 0.308. The maximum absolute atomic E-state index is 13.1. The van der Waals surface area contributed by atoms with Gasteiger partial charge in [-0.05, 0) is 55.3 Å². The van der Waals surface area contributed by atoms with Crippen LogP contribution in [0.15, 0.2) is 71.8 Å². The van der Waals surface area contributed by atoms with Crippen LogP contribution >= 0.6 is 11.8 Å². The Morgan fingerprint density at radius 1 is 1.03 bits per heavy atom. The molecule has 1 heterocycles. The van der Waals surface area contributed by atoms with Gasteiger partial charge in [0.2, 0.25) is 11.0 Å². The number of pyridine rings is 1. The van der Waals surface area contributed by atoms with E-state index in [0.717, 1.165) is 28.2 Å². The monoisotopic (exact) mass is 550 g/mol. The number of hydrogen-bond donors (Lipinski definition) is 3. The maximum atomic E-state index is 13.1. The van der Waals surface area contributed by atoms with E-state index in [2.05, 4.69) is 4.98 Å². The number of likely N-dealkylation sites (N-methyl/N-ethyl adjacent to an activating group) is 1. The summed E-state index contributed by atoms with van der Waals surface area (Å²) in [4.78, 5) is 41.0. The van der Waals surface area contributed by atoms with Crippen LogP contribution in [0.3, 0.4) is 0 Å². The van der Waals surface area contributed by atoms with Gasteiger partial charge in [0.15, 0.2) is 0 Å². The number of aliphatic carboxylic acids is 1. The first-order valence-electron chi connectivity index (χ1n) is 11.6. The van der Waals surface area contributed by atoms with Crippen LogP contribution < -0.4 is 11.5 Å². The number of carboxylic acid groups (broad SMARTS) is 1. The molecule has 2 aromatic carbocycles. The van der Waals surface area contributed by atoms with E-state index in [-0.39, 0.29) is 11.0 Å². The molecule has 0 radical (unpaired) electrons. The van der Waals surface area contributed by atoms with Gasteiger partial charge in [0.05, 0.1) is 11.6 Å². The van der Waals surface area contributed by atoms with Gasteiger partial charge in [-0.25, -0.2) is 9.78 Å². The Kier molecular flexibility index (Phi) is 11.7. The number of thioether (sulfide) groups is 1. The van der Waals surface area contributed by atoms with Gasteiger partial charge in [0.1, 0.15) is 11.1 Å². The van der Waals surface area contributed by atoms with Gasteiger partial charge in [0.25, 0.3) is 0 Å². The predicted octanol–water partition coefficient (Wildman–Crippen LogP) is 3.62. The molecule has 0 fully saturated rings. The second kappa shape index (κ2) is 14.5. The van der Waals surface area contributed by atoms with Crippen molar-refractivity contribution in [3.05, 3.63) is 72.3 Å². The van der Waals surface area contributed by atoms with Gasteiger partial charge >= 0.3 is 12.1 Å².